The Kier molecular flexibility index (Phi) is 6.83. The van der Waals surface area contributed by atoms with Gasteiger partial charge in [-0.3, -0.25) is 0 Å². The minimum atomic E-state index is -3.96. The van der Waals surface area contributed by atoms with Crippen molar-refractivity contribution in [1.29, 1.82) is 0 Å². The molecule has 3 N–H and O–H groups in total. The second kappa shape index (κ2) is 7.78. The number of hydrogen-bond donors (Lipinski definition) is 3. The van der Waals surface area contributed by atoms with Crippen LogP contribution in [0.5, 0.6) is 0 Å². The van der Waals surface area contributed by atoms with E-state index in [0.717, 1.165) is 51.4 Å². The molecule has 0 spiro atoms. The molecule has 2 saturated carbocycles. The van der Waals surface area contributed by atoms with Crippen LogP contribution in [0.1, 0.15) is 64.2 Å². The van der Waals surface area contributed by atoms with Crippen LogP contribution in [0.3, 0.4) is 0 Å². The number of hydrogen-bond acceptors (Lipinski definition) is 3. The quantitative estimate of drug-likeness (QED) is 0.638. The Morgan fingerprint density at radius 2 is 1.14 bits per heavy atom. The van der Waals surface area contributed by atoms with Crippen molar-refractivity contribution < 1.29 is 19.0 Å². The topological polar surface area (TPSA) is 73.2 Å². The maximum Gasteiger partial charge on any atom is 0.328 e. The first-order valence-corrected chi connectivity index (χ1v) is 12.9. The summed E-state index contributed by atoms with van der Waals surface area (Å²) in [6.45, 7) is -7.41. The van der Waals surface area contributed by atoms with E-state index in [9.17, 15) is 14.7 Å². The zero-order valence-corrected chi connectivity index (χ0v) is 15.6. The van der Waals surface area contributed by atoms with E-state index in [1.165, 1.54) is 12.8 Å². The van der Waals surface area contributed by atoms with Crippen LogP contribution in [0.4, 0.5) is 0 Å². The van der Waals surface area contributed by atoms with Crippen molar-refractivity contribution in [3.63, 3.8) is 0 Å². The van der Waals surface area contributed by atoms with E-state index in [1.807, 2.05) is 4.67 Å². The van der Waals surface area contributed by atoms with E-state index in [2.05, 4.69) is 11.8 Å². The van der Waals surface area contributed by atoms with Crippen molar-refractivity contribution in [2.75, 3.05) is 0 Å². The zero-order chi connectivity index (χ0) is 15.5. The van der Waals surface area contributed by atoms with E-state index in [0.29, 0.717) is 0 Å². The lowest BCUT2D eigenvalue weighted by Crippen LogP contribution is -2.43. The molecule has 1 unspecified atom stereocenters. The number of rotatable bonds is 5. The molecule has 124 valence electrons. The molecule has 0 aromatic rings. The molecule has 0 radical (unpaired) electrons. The molecule has 2 rings (SSSR count). The second-order valence-corrected chi connectivity index (χ2v) is 12.0. The van der Waals surface area contributed by atoms with Gasteiger partial charge in [-0.1, -0.05) is 38.5 Å². The molecule has 0 aromatic carbocycles. The molecule has 5 nitrogen and oxygen atoms in total. The third kappa shape index (κ3) is 5.59. The Morgan fingerprint density at radius 1 is 0.762 bits per heavy atom. The number of nitrogens with zero attached hydrogens (tertiary/aromatic N) is 1. The van der Waals surface area contributed by atoms with Crippen LogP contribution in [-0.2, 0) is 27.9 Å². The third-order valence-corrected chi connectivity index (χ3v) is 9.11. The normalized spacial score (nSPS) is 25.9. The van der Waals surface area contributed by atoms with Crippen molar-refractivity contribution in [3.8, 4) is 0 Å². The summed E-state index contributed by atoms with van der Waals surface area (Å²) >= 11 is 9.82. The molecule has 0 heterocycles. The Bertz CT molecular complexity index is 415. The molecular formula is C12H25NO4P2S2. The van der Waals surface area contributed by atoms with Crippen molar-refractivity contribution in [3.05, 3.63) is 0 Å². The highest BCUT2D eigenvalue weighted by atomic mass is 32.5. The molecule has 1 atom stereocenters. The van der Waals surface area contributed by atoms with Crippen LogP contribution in [0.15, 0.2) is 0 Å². The Morgan fingerprint density at radius 3 is 1.48 bits per heavy atom. The van der Waals surface area contributed by atoms with Gasteiger partial charge in [0.05, 0.1) is 0 Å². The minimum absolute atomic E-state index is 0.180. The predicted octanol–water partition coefficient (Wildman–Crippen LogP) is 3.40. The molecule has 0 aliphatic heterocycles. The van der Waals surface area contributed by atoms with Gasteiger partial charge in [0.2, 0.25) is 0 Å². The molecule has 2 fully saturated rings. The maximum atomic E-state index is 10.7. The maximum absolute atomic E-state index is 10.7. The highest BCUT2D eigenvalue weighted by Gasteiger charge is 2.40. The molecule has 0 bridgehead atoms. The fraction of sp³-hybridized carbons (Fsp3) is 1.00. The summed E-state index contributed by atoms with van der Waals surface area (Å²) in [5.74, 6) is 0. The van der Waals surface area contributed by atoms with E-state index < -0.39 is 13.4 Å². The van der Waals surface area contributed by atoms with E-state index in [-0.39, 0.29) is 12.1 Å². The molecule has 0 amide bonds. The van der Waals surface area contributed by atoms with Crippen molar-refractivity contribution in [1.82, 2.24) is 4.67 Å². The summed E-state index contributed by atoms with van der Waals surface area (Å²) in [5, 5.41) is 0. The predicted molar refractivity (Wildman–Crippen MR) is 91.9 cm³/mol. The molecule has 2 aliphatic carbocycles. The van der Waals surface area contributed by atoms with Gasteiger partial charge in [0.1, 0.15) is 0 Å². The monoisotopic (exact) mass is 373 g/mol. The SMILES string of the molecule is OP(O)(=S)OP(O)(=S)N(C1CCCCC1)C1CCCCC1. The lowest BCUT2D eigenvalue weighted by molar-refractivity contribution is 0.148. The molecule has 0 saturated heterocycles. The van der Waals surface area contributed by atoms with E-state index in [1.54, 1.807) is 0 Å². The molecule has 21 heavy (non-hydrogen) atoms. The highest BCUT2D eigenvalue weighted by Crippen LogP contribution is 2.62. The smallest absolute Gasteiger partial charge is 0.328 e. The largest absolute Gasteiger partial charge is 0.333 e. The van der Waals surface area contributed by atoms with Gasteiger partial charge in [-0.05, 0) is 49.3 Å². The van der Waals surface area contributed by atoms with Crippen molar-refractivity contribution >= 4 is 37.0 Å². The Labute approximate surface area is 137 Å². The summed E-state index contributed by atoms with van der Waals surface area (Å²) < 4.78 is 6.95. The summed E-state index contributed by atoms with van der Waals surface area (Å²) in [5.41, 5.74) is 0. The molecule has 2 aliphatic rings. The van der Waals surface area contributed by atoms with Gasteiger partial charge in [-0.15, -0.1) is 0 Å². The second-order valence-electron chi connectivity index (χ2n) is 6.03. The Balaban J connectivity index is 2.20. The molecule has 9 heteroatoms. The Hall–Kier alpha value is 1.10. The summed E-state index contributed by atoms with van der Waals surface area (Å²) in [6, 6.07) is 0.360. The fourth-order valence-electron chi connectivity index (χ4n) is 3.58. The zero-order valence-electron chi connectivity index (χ0n) is 12.1. The van der Waals surface area contributed by atoms with Gasteiger partial charge >= 0.3 is 6.72 Å². The first-order valence-electron chi connectivity index (χ1n) is 7.68. The van der Waals surface area contributed by atoms with Crippen LogP contribution >= 0.6 is 13.4 Å². The highest BCUT2D eigenvalue weighted by molar-refractivity contribution is 8.14. The van der Waals surface area contributed by atoms with E-state index >= 15 is 0 Å². The van der Waals surface area contributed by atoms with Gasteiger partial charge in [0, 0.05) is 12.1 Å². The average molecular weight is 373 g/mol. The van der Waals surface area contributed by atoms with Gasteiger partial charge in [-0.25, -0.2) is 8.98 Å². The minimum Gasteiger partial charge on any atom is -0.333 e. The van der Waals surface area contributed by atoms with Crippen LogP contribution in [0.2, 0.25) is 0 Å². The van der Waals surface area contributed by atoms with Crippen LogP contribution in [-0.4, -0.2) is 31.4 Å². The summed E-state index contributed by atoms with van der Waals surface area (Å²) in [4.78, 5) is 29.6. The van der Waals surface area contributed by atoms with Crippen LogP contribution in [0.25, 0.3) is 0 Å². The van der Waals surface area contributed by atoms with Crippen LogP contribution in [0, 0.1) is 0 Å². The molecule has 0 aromatic heterocycles. The summed E-state index contributed by atoms with van der Waals surface area (Å²) in [7, 11) is 0. The first kappa shape index (κ1) is 18.4. The summed E-state index contributed by atoms with van der Waals surface area (Å²) in [6.07, 6.45) is 10.8. The molecular weight excluding hydrogens is 348 g/mol. The van der Waals surface area contributed by atoms with Crippen LogP contribution < -0.4 is 0 Å². The van der Waals surface area contributed by atoms with Gasteiger partial charge in [-0.2, -0.15) is 0 Å². The van der Waals surface area contributed by atoms with Gasteiger partial charge < -0.3 is 14.7 Å². The van der Waals surface area contributed by atoms with Crippen molar-refractivity contribution in [2.45, 2.75) is 76.3 Å². The average Bonchev–Trinajstić information content (AvgIpc) is 2.38. The standard InChI is InChI=1S/C12H25NO4P2S2/c14-18(20,17-19(15,16)21)13(11-7-3-1-4-8-11)12-9-5-2-6-10-12/h11-12H,1-10H2,(H,14,20)(H2,15,16,21). The van der Waals surface area contributed by atoms with Gasteiger partial charge in [0.15, 0.2) is 0 Å². The van der Waals surface area contributed by atoms with Gasteiger partial charge in [0.25, 0.3) is 6.64 Å². The fourth-order valence-corrected chi connectivity index (χ4v) is 9.17. The lowest BCUT2D eigenvalue weighted by atomic mass is 9.91. The third-order valence-electron chi connectivity index (χ3n) is 4.40. The van der Waals surface area contributed by atoms with E-state index in [4.69, 9.17) is 16.1 Å². The first-order chi connectivity index (χ1) is 9.80. The lowest BCUT2D eigenvalue weighted by Gasteiger charge is -2.44. The van der Waals surface area contributed by atoms with Crippen molar-refractivity contribution in [2.24, 2.45) is 0 Å².